The van der Waals surface area contributed by atoms with Gasteiger partial charge >= 0.3 is 5.97 Å². The van der Waals surface area contributed by atoms with Crippen LogP contribution in [0.2, 0.25) is 0 Å². The van der Waals surface area contributed by atoms with Gasteiger partial charge in [-0.15, -0.1) is 0 Å². The van der Waals surface area contributed by atoms with E-state index in [1.807, 2.05) is 24.3 Å². The Kier molecular flexibility index (Phi) is 8.35. The first-order valence-corrected chi connectivity index (χ1v) is 8.64. The number of para-hydroxylation sites is 1. The Morgan fingerprint density at radius 1 is 1.03 bits per heavy atom. The van der Waals surface area contributed by atoms with Gasteiger partial charge in [0.1, 0.15) is 42.5 Å². The van der Waals surface area contributed by atoms with Gasteiger partial charge in [0.2, 0.25) is 0 Å². The van der Waals surface area contributed by atoms with Crippen LogP contribution in [0.15, 0.2) is 42.5 Å². The zero-order chi connectivity index (χ0) is 20.3. The molecule has 149 valence electrons. The third kappa shape index (κ3) is 5.23. The van der Waals surface area contributed by atoms with Crippen molar-refractivity contribution in [2.24, 2.45) is 0 Å². The number of aliphatic hydroxyl groups excluding tert-OH is 4. The van der Waals surface area contributed by atoms with Gasteiger partial charge in [0, 0.05) is 41.5 Å². The Balaban J connectivity index is 0.00000300. The molecule has 0 aromatic heterocycles. The summed E-state index contributed by atoms with van der Waals surface area (Å²) in [6.07, 6.45) is -6.83. The summed E-state index contributed by atoms with van der Waals surface area (Å²) < 4.78 is 10.9. The van der Waals surface area contributed by atoms with E-state index in [1.165, 1.54) is 0 Å². The molecule has 8 nitrogen and oxygen atoms in total. The Hall–Kier alpha value is -1.78. The number of fused-ring (bicyclic) bond motifs is 2. The molecule has 9 heteroatoms. The molecular weight excluding hydrogens is 391 g/mol. The molecule has 1 aliphatic rings. The minimum atomic E-state index is -1.90. The molecule has 4 N–H and O–H groups in total. The Morgan fingerprint density at radius 2 is 1.72 bits per heavy atom. The van der Waals surface area contributed by atoms with Crippen molar-refractivity contribution in [3.8, 4) is 11.5 Å². The van der Waals surface area contributed by atoms with E-state index >= 15 is 0 Å². The van der Waals surface area contributed by atoms with Crippen molar-refractivity contribution in [1.82, 2.24) is 0 Å². The first kappa shape index (κ1) is 23.5. The molecule has 0 spiro atoms. The van der Waals surface area contributed by atoms with Gasteiger partial charge in [-0.05, 0) is 23.8 Å². The molecule has 1 heterocycles. The van der Waals surface area contributed by atoms with E-state index in [9.17, 15) is 30.0 Å². The largest absolute Gasteiger partial charge is 0.459 e. The third-order valence-electron chi connectivity index (χ3n) is 4.53. The first-order chi connectivity index (χ1) is 13.4. The number of carbonyl (C=O) groups is 2. The summed E-state index contributed by atoms with van der Waals surface area (Å²) in [6, 6.07) is 12.4. The van der Waals surface area contributed by atoms with E-state index < -0.39 is 37.0 Å². The number of aliphatic hydroxyl groups is 4. The Morgan fingerprint density at radius 3 is 2.45 bits per heavy atom. The molecule has 2 aromatic rings. The van der Waals surface area contributed by atoms with Crippen molar-refractivity contribution in [3.63, 3.8) is 0 Å². The molecule has 0 amide bonds. The van der Waals surface area contributed by atoms with Crippen LogP contribution in [0.4, 0.5) is 0 Å². The number of aldehydes is 1. The summed E-state index contributed by atoms with van der Waals surface area (Å²) in [4.78, 5) is 22.9. The number of hydrogen-bond acceptors (Lipinski definition) is 8. The predicted octanol–water partition coefficient (Wildman–Crippen LogP) is -0.198. The summed E-state index contributed by atoms with van der Waals surface area (Å²) in [5, 5.41) is 38.3. The minimum Gasteiger partial charge on any atom is -0.459 e. The smallest absolute Gasteiger partial charge is 0.338 e. The summed E-state index contributed by atoms with van der Waals surface area (Å²) >= 11 is 0. The quantitative estimate of drug-likeness (QED) is 0.239. The van der Waals surface area contributed by atoms with E-state index in [2.05, 4.69) is 0 Å². The molecule has 3 rings (SSSR count). The molecule has 0 saturated heterocycles. The Labute approximate surface area is 189 Å². The van der Waals surface area contributed by atoms with E-state index in [1.54, 1.807) is 18.2 Å². The maximum absolute atomic E-state index is 12.5. The summed E-state index contributed by atoms with van der Waals surface area (Å²) in [7, 11) is 0. The topological polar surface area (TPSA) is 134 Å². The second-order valence-corrected chi connectivity index (χ2v) is 6.44. The van der Waals surface area contributed by atoms with Crippen LogP contribution in [0.3, 0.4) is 0 Å². The van der Waals surface area contributed by atoms with Gasteiger partial charge < -0.3 is 34.7 Å². The fraction of sp³-hybridized carbons (Fsp3) is 0.300. The molecule has 0 unspecified atom stereocenters. The zero-order valence-corrected chi connectivity index (χ0v) is 17.8. The van der Waals surface area contributed by atoms with Gasteiger partial charge in [0.15, 0.2) is 6.29 Å². The van der Waals surface area contributed by atoms with Gasteiger partial charge in [0.05, 0.1) is 5.56 Å². The molecule has 4 atom stereocenters. The van der Waals surface area contributed by atoms with E-state index in [-0.39, 0.29) is 41.4 Å². The van der Waals surface area contributed by atoms with Crippen LogP contribution >= 0.6 is 0 Å². The van der Waals surface area contributed by atoms with Crippen molar-refractivity contribution < 1.29 is 39.5 Å². The maximum atomic E-state index is 12.5. The number of hydrogen-bond donors (Lipinski definition) is 4. The first-order valence-electron chi connectivity index (χ1n) is 8.64. The average Bonchev–Trinajstić information content (AvgIpc) is 2.73. The van der Waals surface area contributed by atoms with Gasteiger partial charge in [0.25, 0.3) is 0 Å². The third-order valence-corrected chi connectivity index (χ3v) is 4.53. The van der Waals surface area contributed by atoms with Crippen LogP contribution in [0.1, 0.15) is 21.5 Å². The molecule has 1 radical (unpaired) electrons. The number of benzene rings is 2. The van der Waals surface area contributed by atoms with Crippen molar-refractivity contribution in [3.05, 3.63) is 59.2 Å². The summed E-state index contributed by atoms with van der Waals surface area (Å²) in [5.74, 6) is 0.497. The molecule has 29 heavy (non-hydrogen) atoms. The fourth-order valence-corrected chi connectivity index (χ4v) is 2.94. The molecular formula is C20H20NaO8. The van der Waals surface area contributed by atoms with Crippen LogP contribution in [0.25, 0.3) is 0 Å². The van der Waals surface area contributed by atoms with Gasteiger partial charge in [-0.1, -0.05) is 24.3 Å². The molecule has 0 bridgehead atoms. The maximum Gasteiger partial charge on any atom is 0.338 e. The minimum absolute atomic E-state index is 0. The van der Waals surface area contributed by atoms with Crippen LogP contribution in [-0.4, -0.2) is 93.3 Å². The fourth-order valence-electron chi connectivity index (χ4n) is 2.94. The average molecular weight is 411 g/mol. The second-order valence-electron chi connectivity index (χ2n) is 6.44. The standard InChI is InChI=1S/C20H20O8.Na/c21-9-14(22)18(24)19(25)15(23)10-27-20(26)12-5-3-7-17-13(12)8-11-4-1-2-6-16(11)28-17;/h1-7,9,14-15,18-19,22-25H,8,10H2;/t14-,15+,18+,19+;/m0./s1. The SMILES string of the molecule is O=C[C@H](O)[C@@H](O)[C@H](O)[C@H](O)COC(=O)c1cccc2c1Cc1ccccc1O2.[Na]. The van der Waals surface area contributed by atoms with Crippen molar-refractivity contribution in [2.75, 3.05) is 6.61 Å². The molecule has 1 aliphatic heterocycles. The summed E-state index contributed by atoms with van der Waals surface area (Å²) in [5.41, 5.74) is 1.80. The van der Waals surface area contributed by atoms with Gasteiger partial charge in [-0.3, -0.25) is 0 Å². The van der Waals surface area contributed by atoms with Gasteiger partial charge in [-0.25, -0.2) is 4.79 Å². The van der Waals surface area contributed by atoms with Crippen LogP contribution in [0, 0.1) is 0 Å². The van der Waals surface area contributed by atoms with Crippen LogP contribution in [-0.2, 0) is 16.0 Å². The number of carbonyl (C=O) groups excluding carboxylic acids is 2. The normalized spacial score (nSPS) is 16.0. The molecule has 0 fully saturated rings. The van der Waals surface area contributed by atoms with E-state index in [4.69, 9.17) is 9.47 Å². The monoisotopic (exact) mass is 411 g/mol. The zero-order valence-electron chi connectivity index (χ0n) is 15.8. The molecule has 0 saturated carbocycles. The number of rotatable bonds is 7. The van der Waals surface area contributed by atoms with Crippen LogP contribution < -0.4 is 4.74 Å². The molecule has 0 aliphatic carbocycles. The summed E-state index contributed by atoms with van der Waals surface area (Å²) in [6.45, 7) is -0.635. The van der Waals surface area contributed by atoms with Crippen molar-refractivity contribution in [1.29, 1.82) is 0 Å². The van der Waals surface area contributed by atoms with Gasteiger partial charge in [-0.2, -0.15) is 0 Å². The van der Waals surface area contributed by atoms with E-state index in [0.717, 1.165) is 5.56 Å². The molecule has 2 aromatic carbocycles. The number of esters is 1. The Bertz CT molecular complexity index is 871. The van der Waals surface area contributed by atoms with E-state index in [0.29, 0.717) is 23.5 Å². The van der Waals surface area contributed by atoms with Crippen molar-refractivity contribution in [2.45, 2.75) is 30.8 Å². The second kappa shape index (κ2) is 10.3. The number of ether oxygens (including phenoxy) is 2. The predicted molar refractivity (Wildman–Crippen MR) is 102 cm³/mol. The van der Waals surface area contributed by atoms with Crippen molar-refractivity contribution >= 4 is 41.8 Å². The van der Waals surface area contributed by atoms with Crippen LogP contribution in [0.5, 0.6) is 11.5 Å².